The van der Waals surface area contributed by atoms with Gasteiger partial charge in [0.15, 0.2) is 11.6 Å². The Balaban J connectivity index is 2.07. The highest BCUT2D eigenvalue weighted by Crippen LogP contribution is 2.18. The average Bonchev–Trinajstić information content (AvgIpc) is 2.36. The van der Waals surface area contributed by atoms with Gasteiger partial charge in [0.25, 0.3) is 0 Å². The third-order valence-corrected chi connectivity index (χ3v) is 2.89. The molecule has 2 aromatic rings. The van der Waals surface area contributed by atoms with E-state index >= 15 is 0 Å². The number of guanidine groups is 1. The predicted octanol–water partition coefficient (Wildman–Crippen LogP) is 1.64. The average molecular weight is 253 g/mol. The summed E-state index contributed by atoms with van der Waals surface area (Å²) in [6, 6.07) is 10.0. The minimum absolute atomic E-state index is 0.378. The molecule has 0 bridgehead atoms. The second kappa shape index (κ2) is 4.05. The summed E-state index contributed by atoms with van der Waals surface area (Å²) >= 11 is 0. The Morgan fingerprint density at radius 1 is 1.16 bits per heavy atom. The Morgan fingerprint density at radius 3 is 2.74 bits per heavy atom. The van der Waals surface area contributed by atoms with E-state index in [2.05, 4.69) is 20.3 Å². The Labute approximate surface area is 111 Å². The molecule has 2 heterocycles. The van der Waals surface area contributed by atoms with Gasteiger partial charge >= 0.3 is 0 Å². The Kier molecular flexibility index (Phi) is 2.48. The van der Waals surface area contributed by atoms with Gasteiger partial charge in [-0.25, -0.2) is 9.98 Å². The molecule has 0 amide bonds. The smallest absolute Gasteiger partial charge is 0.196 e. The summed E-state index contributed by atoms with van der Waals surface area (Å²) in [5.41, 5.74) is 7.11. The summed E-state index contributed by atoms with van der Waals surface area (Å²) in [7, 11) is 0. The molecule has 0 radical (unpaired) electrons. The van der Waals surface area contributed by atoms with Crippen molar-refractivity contribution in [2.24, 2.45) is 15.7 Å². The first-order valence-corrected chi connectivity index (χ1v) is 6.11. The molecular formula is C14H15N5. The zero-order valence-electron chi connectivity index (χ0n) is 10.9. The number of hydrogen-bond acceptors (Lipinski definition) is 5. The lowest BCUT2D eigenvalue weighted by molar-refractivity contribution is 0.542. The second-order valence-electron chi connectivity index (χ2n) is 4.99. The molecule has 19 heavy (non-hydrogen) atoms. The van der Waals surface area contributed by atoms with E-state index in [1.54, 1.807) is 6.20 Å². The van der Waals surface area contributed by atoms with Gasteiger partial charge in [0.1, 0.15) is 5.84 Å². The van der Waals surface area contributed by atoms with Gasteiger partial charge < -0.3 is 11.1 Å². The van der Waals surface area contributed by atoms with Crippen LogP contribution in [0.5, 0.6) is 0 Å². The molecule has 3 rings (SSSR count). The normalized spacial score (nSPS) is 17.6. The van der Waals surface area contributed by atoms with Crippen molar-refractivity contribution in [1.29, 1.82) is 0 Å². The van der Waals surface area contributed by atoms with Crippen molar-refractivity contribution >= 4 is 22.7 Å². The first-order valence-electron chi connectivity index (χ1n) is 6.11. The van der Waals surface area contributed by atoms with Crippen molar-refractivity contribution < 1.29 is 0 Å². The third-order valence-electron chi connectivity index (χ3n) is 2.89. The number of para-hydroxylation sites is 1. The maximum Gasteiger partial charge on any atom is 0.196 e. The maximum absolute atomic E-state index is 5.79. The van der Waals surface area contributed by atoms with Crippen molar-refractivity contribution in [2.45, 2.75) is 19.5 Å². The Morgan fingerprint density at radius 2 is 1.95 bits per heavy atom. The molecule has 0 saturated heterocycles. The van der Waals surface area contributed by atoms with Crippen molar-refractivity contribution in [3.63, 3.8) is 0 Å². The molecule has 1 aliphatic heterocycles. The van der Waals surface area contributed by atoms with Crippen LogP contribution < -0.4 is 11.1 Å². The monoisotopic (exact) mass is 253 g/mol. The summed E-state index contributed by atoms with van der Waals surface area (Å²) in [5.74, 6) is 1.08. The molecule has 0 saturated carbocycles. The van der Waals surface area contributed by atoms with Crippen LogP contribution in [0.2, 0.25) is 0 Å². The van der Waals surface area contributed by atoms with Gasteiger partial charge in [0.05, 0.1) is 5.52 Å². The highest BCUT2D eigenvalue weighted by atomic mass is 15.3. The number of aromatic nitrogens is 1. The van der Waals surface area contributed by atoms with Gasteiger partial charge in [-0.1, -0.05) is 18.2 Å². The van der Waals surface area contributed by atoms with E-state index in [1.165, 1.54) is 0 Å². The summed E-state index contributed by atoms with van der Waals surface area (Å²) < 4.78 is 0. The molecule has 0 unspecified atom stereocenters. The number of benzene rings is 1. The van der Waals surface area contributed by atoms with E-state index in [-0.39, 0.29) is 0 Å². The number of fused-ring (bicyclic) bond motifs is 1. The fourth-order valence-electron chi connectivity index (χ4n) is 2.11. The van der Waals surface area contributed by atoms with E-state index < -0.39 is 5.66 Å². The molecular weight excluding hydrogens is 238 g/mol. The minimum atomic E-state index is -0.545. The molecule has 1 aromatic carbocycles. The summed E-state index contributed by atoms with van der Waals surface area (Å²) in [5, 5.41) is 4.06. The number of aliphatic imine (C=N–C) groups is 2. The largest absolute Gasteiger partial charge is 0.370 e. The predicted molar refractivity (Wildman–Crippen MR) is 77.1 cm³/mol. The molecule has 96 valence electrons. The summed E-state index contributed by atoms with van der Waals surface area (Å²) in [6.45, 7) is 3.82. The molecule has 5 heteroatoms. The molecule has 1 aromatic heterocycles. The van der Waals surface area contributed by atoms with Gasteiger partial charge in [0, 0.05) is 17.1 Å². The zero-order valence-corrected chi connectivity index (χ0v) is 10.9. The van der Waals surface area contributed by atoms with Crippen molar-refractivity contribution in [3.8, 4) is 0 Å². The number of hydrogen-bond donors (Lipinski definition) is 2. The van der Waals surface area contributed by atoms with Crippen LogP contribution in [0, 0.1) is 0 Å². The van der Waals surface area contributed by atoms with E-state index in [0.29, 0.717) is 11.8 Å². The molecule has 0 spiro atoms. The summed E-state index contributed by atoms with van der Waals surface area (Å²) in [6.07, 6.45) is 1.79. The van der Waals surface area contributed by atoms with Crippen LogP contribution in [0.15, 0.2) is 46.5 Å². The number of nitrogens with zero attached hydrogens (tertiary/aromatic N) is 3. The number of pyridine rings is 1. The van der Waals surface area contributed by atoms with E-state index in [9.17, 15) is 0 Å². The number of nitrogens with two attached hydrogens (primary N) is 1. The van der Waals surface area contributed by atoms with Crippen molar-refractivity contribution in [2.75, 3.05) is 0 Å². The lowest BCUT2D eigenvalue weighted by Gasteiger charge is -2.24. The van der Waals surface area contributed by atoms with Crippen LogP contribution in [-0.2, 0) is 0 Å². The molecule has 0 atom stereocenters. The molecule has 5 nitrogen and oxygen atoms in total. The highest BCUT2D eigenvalue weighted by Gasteiger charge is 2.22. The molecule has 0 fully saturated rings. The van der Waals surface area contributed by atoms with Crippen LogP contribution in [0.1, 0.15) is 19.4 Å². The standard InChI is InChI=1S/C14H15N5/c1-14(2)18-12(17-13(15)19-14)10-7-9-5-3-4-6-11(9)16-8-10/h3-8H,1-2H3,(H3,15,17,18,19). The second-order valence-corrected chi connectivity index (χ2v) is 4.99. The van der Waals surface area contributed by atoms with Crippen LogP contribution in [0.4, 0.5) is 0 Å². The fraction of sp³-hybridized carbons (Fsp3) is 0.214. The lowest BCUT2D eigenvalue weighted by Crippen LogP contribution is -2.44. The van der Waals surface area contributed by atoms with E-state index in [0.717, 1.165) is 16.5 Å². The topological polar surface area (TPSA) is 75.7 Å². The fourth-order valence-corrected chi connectivity index (χ4v) is 2.11. The number of amidine groups is 1. The van der Waals surface area contributed by atoms with Gasteiger partial charge in [-0.05, 0) is 26.0 Å². The first-order chi connectivity index (χ1) is 9.03. The Hall–Kier alpha value is -2.43. The SMILES string of the molecule is CC1(C)N=C(N)NC(c2cnc3ccccc3c2)=N1. The van der Waals surface area contributed by atoms with Crippen LogP contribution >= 0.6 is 0 Å². The van der Waals surface area contributed by atoms with Gasteiger partial charge in [-0.15, -0.1) is 0 Å². The third kappa shape index (κ3) is 2.27. The van der Waals surface area contributed by atoms with E-state index in [1.807, 2.05) is 44.2 Å². The van der Waals surface area contributed by atoms with Gasteiger partial charge in [0.2, 0.25) is 0 Å². The molecule has 1 aliphatic rings. The van der Waals surface area contributed by atoms with E-state index in [4.69, 9.17) is 5.73 Å². The molecule has 0 aliphatic carbocycles. The molecule has 3 N–H and O–H groups in total. The van der Waals surface area contributed by atoms with Crippen molar-refractivity contribution in [1.82, 2.24) is 10.3 Å². The maximum atomic E-state index is 5.79. The van der Waals surface area contributed by atoms with Crippen molar-refractivity contribution in [3.05, 3.63) is 42.1 Å². The minimum Gasteiger partial charge on any atom is -0.370 e. The number of rotatable bonds is 1. The highest BCUT2D eigenvalue weighted by molar-refractivity contribution is 6.10. The number of nitrogens with one attached hydrogen (secondary N) is 1. The van der Waals surface area contributed by atoms with Gasteiger partial charge in [-0.3, -0.25) is 4.98 Å². The van der Waals surface area contributed by atoms with Gasteiger partial charge in [-0.2, -0.15) is 0 Å². The van der Waals surface area contributed by atoms with Crippen LogP contribution in [-0.4, -0.2) is 22.4 Å². The summed E-state index contributed by atoms with van der Waals surface area (Å²) in [4.78, 5) is 13.2. The first kappa shape index (κ1) is 11.6. The van der Waals surface area contributed by atoms with Crippen LogP contribution in [0.25, 0.3) is 10.9 Å². The quantitative estimate of drug-likeness (QED) is 0.811. The zero-order chi connectivity index (χ0) is 13.5. The Bertz CT molecular complexity index is 700. The lowest BCUT2D eigenvalue weighted by atomic mass is 10.1. The van der Waals surface area contributed by atoms with Crippen LogP contribution in [0.3, 0.4) is 0 Å².